The minimum Gasteiger partial charge on any atom is -0.387 e. The largest absolute Gasteiger partial charge is 0.387 e. The molecule has 0 bridgehead atoms. The fraction of sp³-hybridized carbons (Fsp3) is 0.650. The lowest BCUT2D eigenvalue weighted by molar-refractivity contribution is -0.128. The van der Waals surface area contributed by atoms with E-state index in [1.54, 1.807) is 0 Å². The standard InChI is InChI=1S/C20H29N3O2/c24-18-19(10-14-23(18)17-5-2-1-3-6-17)8-12-22(13-9-19)16-20(25)7-4-11-21-15-20/h1-3,5-6,21,25H,4,7-16H2. The number of β-amino-alcohol motifs (C(OH)–C–C–N with tert-alkyl or cyclic N) is 1. The van der Waals surface area contributed by atoms with E-state index in [9.17, 15) is 9.90 Å². The first-order valence-corrected chi connectivity index (χ1v) is 9.63. The smallest absolute Gasteiger partial charge is 0.233 e. The average Bonchev–Trinajstić information content (AvgIpc) is 2.95. The quantitative estimate of drug-likeness (QED) is 0.876. The van der Waals surface area contributed by atoms with Crippen LogP contribution in [0.2, 0.25) is 0 Å². The Bertz CT molecular complexity index is 605. The zero-order valence-corrected chi connectivity index (χ0v) is 14.9. The van der Waals surface area contributed by atoms with Gasteiger partial charge in [0.1, 0.15) is 0 Å². The maximum absolute atomic E-state index is 13.1. The zero-order valence-electron chi connectivity index (χ0n) is 14.9. The number of hydrogen-bond donors (Lipinski definition) is 2. The van der Waals surface area contributed by atoms with Gasteiger partial charge in [-0.05, 0) is 63.9 Å². The summed E-state index contributed by atoms with van der Waals surface area (Å²) in [6, 6.07) is 10.0. The van der Waals surface area contributed by atoms with Gasteiger partial charge in [0.05, 0.1) is 11.0 Å². The molecule has 5 nitrogen and oxygen atoms in total. The van der Waals surface area contributed by atoms with Gasteiger partial charge in [-0.25, -0.2) is 0 Å². The second-order valence-electron chi connectivity index (χ2n) is 8.10. The van der Waals surface area contributed by atoms with Crippen LogP contribution in [0.15, 0.2) is 30.3 Å². The third-order valence-electron chi connectivity index (χ3n) is 6.36. The van der Waals surface area contributed by atoms with Crippen molar-refractivity contribution in [2.24, 2.45) is 5.41 Å². The third kappa shape index (κ3) is 3.33. The first kappa shape index (κ1) is 17.0. The Morgan fingerprint density at radius 3 is 2.44 bits per heavy atom. The number of amides is 1. The molecule has 1 atom stereocenters. The Kier molecular flexibility index (Phi) is 4.56. The minimum absolute atomic E-state index is 0.181. The maximum atomic E-state index is 13.1. The van der Waals surface area contributed by atoms with Crippen LogP contribution in [0.5, 0.6) is 0 Å². The van der Waals surface area contributed by atoms with Crippen LogP contribution in [-0.4, -0.2) is 60.8 Å². The van der Waals surface area contributed by atoms with Gasteiger partial charge < -0.3 is 20.2 Å². The van der Waals surface area contributed by atoms with Crippen molar-refractivity contribution >= 4 is 11.6 Å². The predicted octanol–water partition coefficient (Wildman–Crippen LogP) is 1.62. The van der Waals surface area contributed by atoms with Gasteiger partial charge in [0.2, 0.25) is 5.91 Å². The molecule has 4 rings (SSSR count). The van der Waals surface area contributed by atoms with E-state index in [1.807, 2.05) is 35.2 Å². The molecule has 3 saturated heterocycles. The highest BCUT2D eigenvalue weighted by molar-refractivity contribution is 5.99. The van der Waals surface area contributed by atoms with Crippen LogP contribution in [0.1, 0.15) is 32.1 Å². The van der Waals surface area contributed by atoms with Crippen LogP contribution >= 0.6 is 0 Å². The van der Waals surface area contributed by atoms with E-state index in [2.05, 4.69) is 10.2 Å². The molecule has 3 aliphatic heterocycles. The van der Waals surface area contributed by atoms with E-state index in [4.69, 9.17) is 0 Å². The van der Waals surface area contributed by atoms with Crippen LogP contribution in [0.3, 0.4) is 0 Å². The maximum Gasteiger partial charge on any atom is 0.233 e. The molecular formula is C20H29N3O2. The highest BCUT2D eigenvalue weighted by Crippen LogP contribution is 2.43. The van der Waals surface area contributed by atoms with Crippen LogP contribution in [0.4, 0.5) is 5.69 Å². The summed E-state index contributed by atoms with van der Waals surface area (Å²) in [7, 11) is 0. The molecule has 1 aromatic rings. The summed E-state index contributed by atoms with van der Waals surface area (Å²) < 4.78 is 0. The molecule has 0 aliphatic carbocycles. The number of benzene rings is 1. The highest BCUT2D eigenvalue weighted by Gasteiger charge is 2.49. The van der Waals surface area contributed by atoms with Gasteiger partial charge in [-0.3, -0.25) is 4.79 Å². The van der Waals surface area contributed by atoms with Gasteiger partial charge in [-0.1, -0.05) is 18.2 Å². The van der Waals surface area contributed by atoms with Crippen LogP contribution in [-0.2, 0) is 4.79 Å². The first-order valence-electron chi connectivity index (χ1n) is 9.63. The number of piperidine rings is 2. The lowest BCUT2D eigenvalue weighted by Crippen LogP contribution is -2.55. The average molecular weight is 343 g/mol. The van der Waals surface area contributed by atoms with Crippen molar-refractivity contribution < 1.29 is 9.90 Å². The molecule has 0 aromatic heterocycles. The Hall–Kier alpha value is -1.43. The van der Waals surface area contributed by atoms with Gasteiger partial charge in [-0.15, -0.1) is 0 Å². The summed E-state index contributed by atoms with van der Waals surface area (Å²) in [5.41, 5.74) is 0.243. The Morgan fingerprint density at radius 1 is 1.04 bits per heavy atom. The van der Waals surface area contributed by atoms with Gasteiger partial charge in [0, 0.05) is 25.3 Å². The number of hydrogen-bond acceptors (Lipinski definition) is 4. The summed E-state index contributed by atoms with van der Waals surface area (Å²) >= 11 is 0. The number of likely N-dealkylation sites (tertiary alicyclic amines) is 1. The van der Waals surface area contributed by atoms with Gasteiger partial charge >= 0.3 is 0 Å². The molecule has 3 aliphatic rings. The van der Waals surface area contributed by atoms with Crippen molar-refractivity contribution in [2.75, 3.05) is 44.2 Å². The molecule has 25 heavy (non-hydrogen) atoms. The SMILES string of the molecule is O=C1N(c2ccccc2)CCC12CCN(CC1(O)CCCNC1)CC2. The Morgan fingerprint density at radius 2 is 1.76 bits per heavy atom. The fourth-order valence-corrected chi connectivity index (χ4v) is 4.78. The molecule has 136 valence electrons. The number of rotatable bonds is 3. The van der Waals surface area contributed by atoms with E-state index in [-0.39, 0.29) is 5.41 Å². The monoisotopic (exact) mass is 343 g/mol. The van der Waals surface area contributed by atoms with Gasteiger partial charge in [-0.2, -0.15) is 0 Å². The summed E-state index contributed by atoms with van der Waals surface area (Å²) in [6.07, 6.45) is 4.71. The molecule has 5 heteroatoms. The van der Waals surface area contributed by atoms with E-state index < -0.39 is 5.60 Å². The number of anilines is 1. The molecule has 3 heterocycles. The van der Waals surface area contributed by atoms with Crippen molar-refractivity contribution in [3.8, 4) is 0 Å². The topological polar surface area (TPSA) is 55.8 Å². The predicted molar refractivity (Wildman–Crippen MR) is 98.6 cm³/mol. The van der Waals surface area contributed by atoms with Crippen molar-refractivity contribution in [1.82, 2.24) is 10.2 Å². The number of aliphatic hydroxyl groups is 1. The normalized spacial score (nSPS) is 30.1. The van der Waals surface area contributed by atoms with E-state index in [1.165, 1.54) is 0 Å². The van der Waals surface area contributed by atoms with E-state index in [0.29, 0.717) is 12.5 Å². The molecule has 1 unspecified atom stereocenters. The second kappa shape index (κ2) is 6.71. The molecule has 1 spiro atoms. The van der Waals surface area contributed by atoms with Crippen LogP contribution in [0.25, 0.3) is 0 Å². The summed E-state index contributed by atoms with van der Waals surface area (Å²) in [5.74, 6) is 0.302. The number of carbonyl (C=O) groups excluding carboxylic acids is 1. The summed E-state index contributed by atoms with van der Waals surface area (Å²) in [6.45, 7) is 5.08. The Balaban J connectivity index is 1.37. The number of para-hydroxylation sites is 1. The highest BCUT2D eigenvalue weighted by atomic mass is 16.3. The first-order chi connectivity index (χ1) is 12.1. The van der Waals surface area contributed by atoms with E-state index in [0.717, 1.165) is 70.5 Å². The molecule has 1 amide bonds. The lowest BCUT2D eigenvalue weighted by Gasteiger charge is -2.42. The van der Waals surface area contributed by atoms with Crippen molar-refractivity contribution in [1.29, 1.82) is 0 Å². The summed E-state index contributed by atoms with van der Waals surface area (Å²) in [4.78, 5) is 17.4. The van der Waals surface area contributed by atoms with E-state index >= 15 is 0 Å². The molecule has 3 fully saturated rings. The van der Waals surface area contributed by atoms with Crippen LogP contribution < -0.4 is 10.2 Å². The number of carbonyl (C=O) groups is 1. The van der Waals surface area contributed by atoms with Crippen LogP contribution in [0, 0.1) is 5.41 Å². The zero-order chi connectivity index (χ0) is 17.3. The molecule has 2 N–H and O–H groups in total. The second-order valence-corrected chi connectivity index (χ2v) is 8.10. The minimum atomic E-state index is -0.599. The molecule has 0 saturated carbocycles. The fourth-order valence-electron chi connectivity index (χ4n) is 4.78. The van der Waals surface area contributed by atoms with Crippen molar-refractivity contribution in [2.45, 2.75) is 37.7 Å². The van der Waals surface area contributed by atoms with Crippen molar-refractivity contribution in [3.63, 3.8) is 0 Å². The number of nitrogens with one attached hydrogen (secondary N) is 1. The van der Waals surface area contributed by atoms with Crippen molar-refractivity contribution in [3.05, 3.63) is 30.3 Å². The van der Waals surface area contributed by atoms with Gasteiger partial charge in [0.15, 0.2) is 0 Å². The third-order valence-corrected chi connectivity index (χ3v) is 6.36. The Labute approximate surface area is 150 Å². The lowest BCUT2D eigenvalue weighted by atomic mass is 9.76. The molecule has 0 radical (unpaired) electrons. The van der Waals surface area contributed by atoms with Gasteiger partial charge in [0.25, 0.3) is 0 Å². The molecule has 1 aromatic carbocycles. The summed E-state index contributed by atoms with van der Waals surface area (Å²) in [5, 5.41) is 14.1. The number of nitrogens with zero attached hydrogens (tertiary/aromatic N) is 2. The molecular weight excluding hydrogens is 314 g/mol.